The molecule has 14 heavy (non-hydrogen) atoms. The first-order valence-corrected chi connectivity index (χ1v) is 5.17. The van der Waals surface area contributed by atoms with E-state index in [1.165, 1.54) is 12.1 Å². The minimum absolute atomic E-state index is 0.309. The summed E-state index contributed by atoms with van der Waals surface area (Å²) in [6, 6.07) is 4.13. The standard InChI is InChI=1S/C9H8BrClFNO/c10-8(9(13)14)3-5-1-6(11)4-7(12)2-5/h1-2,4,8H,3H2,(H2,13,14). The van der Waals surface area contributed by atoms with Crippen molar-refractivity contribution in [3.63, 3.8) is 0 Å². The van der Waals surface area contributed by atoms with E-state index in [1.54, 1.807) is 6.07 Å². The van der Waals surface area contributed by atoms with Crippen molar-refractivity contribution in [3.05, 3.63) is 34.6 Å². The van der Waals surface area contributed by atoms with Crippen LogP contribution < -0.4 is 5.73 Å². The Morgan fingerprint density at radius 2 is 2.21 bits per heavy atom. The Balaban J connectivity index is 2.81. The van der Waals surface area contributed by atoms with Gasteiger partial charge in [0.1, 0.15) is 5.82 Å². The van der Waals surface area contributed by atoms with Gasteiger partial charge in [0.05, 0.1) is 4.83 Å². The van der Waals surface area contributed by atoms with Crippen molar-refractivity contribution in [2.75, 3.05) is 0 Å². The minimum Gasteiger partial charge on any atom is -0.369 e. The number of hydrogen-bond acceptors (Lipinski definition) is 1. The van der Waals surface area contributed by atoms with Crippen LogP contribution in [0.4, 0.5) is 4.39 Å². The van der Waals surface area contributed by atoms with E-state index in [2.05, 4.69) is 15.9 Å². The summed E-state index contributed by atoms with van der Waals surface area (Å²) in [6.45, 7) is 0. The van der Waals surface area contributed by atoms with Crippen LogP contribution >= 0.6 is 27.5 Å². The predicted molar refractivity (Wildman–Crippen MR) is 57.0 cm³/mol. The van der Waals surface area contributed by atoms with E-state index in [4.69, 9.17) is 17.3 Å². The fourth-order valence-electron chi connectivity index (χ4n) is 1.04. The summed E-state index contributed by atoms with van der Waals surface area (Å²) in [4.78, 5) is 10.2. The van der Waals surface area contributed by atoms with Crippen molar-refractivity contribution < 1.29 is 9.18 Å². The van der Waals surface area contributed by atoms with Crippen molar-refractivity contribution in [1.82, 2.24) is 0 Å². The molecule has 2 nitrogen and oxygen atoms in total. The number of nitrogens with two attached hydrogens (primary N) is 1. The molecule has 5 heteroatoms. The number of benzene rings is 1. The molecule has 1 rings (SSSR count). The number of amides is 1. The molecule has 1 amide bonds. The Morgan fingerprint density at radius 1 is 1.57 bits per heavy atom. The summed E-state index contributed by atoms with van der Waals surface area (Å²) in [5.74, 6) is -0.901. The molecule has 0 saturated heterocycles. The zero-order chi connectivity index (χ0) is 10.7. The number of rotatable bonds is 3. The zero-order valence-electron chi connectivity index (χ0n) is 7.14. The molecule has 0 aromatic heterocycles. The van der Waals surface area contributed by atoms with Gasteiger partial charge in [-0.25, -0.2) is 4.39 Å². The molecule has 0 radical (unpaired) electrons. The molecule has 0 saturated carbocycles. The highest BCUT2D eigenvalue weighted by Crippen LogP contribution is 2.17. The van der Waals surface area contributed by atoms with Crippen molar-refractivity contribution in [3.8, 4) is 0 Å². The lowest BCUT2D eigenvalue weighted by Crippen LogP contribution is -2.24. The van der Waals surface area contributed by atoms with Gasteiger partial charge in [0.15, 0.2) is 0 Å². The van der Waals surface area contributed by atoms with Crippen LogP contribution in [-0.2, 0) is 11.2 Å². The molecule has 0 bridgehead atoms. The second-order valence-electron chi connectivity index (χ2n) is 2.85. The SMILES string of the molecule is NC(=O)C(Br)Cc1cc(F)cc(Cl)c1. The molecule has 0 spiro atoms. The van der Waals surface area contributed by atoms with Gasteiger partial charge in [-0.15, -0.1) is 0 Å². The fourth-order valence-corrected chi connectivity index (χ4v) is 1.65. The quantitative estimate of drug-likeness (QED) is 0.848. The molecular weight excluding hydrogens is 272 g/mol. The summed E-state index contributed by atoms with van der Waals surface area (Å²) in [5.41, 5.74) is 5.68. The molecule has 1 unspecified atom stereocenters. The number of primary amides is 1. The molecule has 76 valence electrons. The third kappa shape index (κ3) is 3.27. The normalized spacial score (nSPS) is 12.5. The van der Waals surface area contributed by atoms with Gasteiger partial charge in [0.2, 0.25) is 5.91 Å². The van der Waals surface area contributed by atoms with Crippen LogP contribution in [0.1, 0.15) is 5.56 Å². The molecule has 0 fully saturated rings. The monoisotopic (exact) mass is 279 g/mol. The third-order valence-corrected chi connectivity index (χ3v) is 2.64. The van der Waals surface area contributed by atoms with E-state index < -0.39 is 16.6 Å². The van der Waals surface area contributed by atoms with Gasteiger partial charge in [-0.05, 0) is 30.2 Å². The first kappa shape index (κ1) is 11.5. The highest BCUT2D eigenvalue weighted by molar-refractivity contribution is 9.10. The van der Waals surface area contributed by atoms with Crippen LogP contribution in [0.5, 0.6) is 0 Å². The molecule has 0 aliphatic rings. The number of hydrogen-bond donors (Lipinski definition) is 1. The third-order valence-electron chi connectivity index (χ3n) is 1.65. The van der Waals surface area contributed by atoms with Crippen LogP contribution in [-0.4, -0.2) is 10.7 Å². The highest BCUT2D eigenvalue weighted by atomic mass is 79.9. The molecular formula is C9H8BrClFNO. The van der Waals surface area contributed by atoms with Gasteiger partial charge in [0, 0.05) is 5.02 Å². The number of carbonyl (C=O) groups excluding carboxylic acids is 1. The number of halogens is 3. The van der Waals surface area contributed by atoms with Crippen LogP contribution in [0.15, 0.2) is 18.2 Å². The Labute approximate surface area is 94.4 Å². The lowest BCUT2D eigenvalue weighted by Gasteiger charge is -2.05. The van der Waals surface area contributed by atoms with Crippen LogP contribution in [0.2, 0.25) is 5.02 Å². The van der Waals surface area contributed by atoms with Gasteiger partial charge in [-0.3, -0.25) is 4.79 Å². The van der Waals surface area contributed by atoms with E-state index in [-0.39, 0.29) is 0 Å². The number of carbonyl (C=O) groups is 1. The molecule has 0 aliphatic carbocycles. The van der Waals surface area contributed by atoms with E-state index in [0.29, 0.717) is 17.0 Å². The fraction of sp³-hybridized carbons (Fsp3) is 0.222. The summed E-state index contributed by atoms with van der Waals surface area (Å²) in [6.07, 6.45) is 0.326. The first-order chi connectivity index (χ1) is 6.49. The van der Waals surface area contributed by atoms with Crippen molar-refractivity contribution in [2.45, 2.75) is 11.2 Å². The van der Waals surface area contributed by atoms with Crippen molar-refractivity contribution >= 4 is 33.4 Å². The Hall–Kier alpha value is -0.610. The Bertz CT molecular complexity index is 338. The zero-order valence-corrected chi connectivity index (χ0v) is 9.48. The molecule has 1 aromatic rings. The summed E-state index contributed by atoms with van der Waals surface area (Å²) in [7, 11) is 0. The number of alkyl halides is 1. The van der Waals surface area contributed by atoms with Gasteiger partial charge >= 0.3 is 0 Å². The lowest BCUT2D eigenvalue weighted by molar-refractivity contribution is -0.117. The summed E-state index contributed by atoms with van der Waals surface area (Å²) < 4.78 is 12.9. The van der Waals surface area contributed by atoms with Gasteiger partial charge < -0.3 is 5.73 Å². The predicted octanol–water partition coefficient (Wildman–Crippen LogP) is 2.27. The van der Waals surface area contributed by atoms with Crippen LogP contribution in [0.3, 0.4) is 0 Å². The molecule has 1 atom stereocenters. The second-order valence-corrected chi connectivity index (χ2v) is 4.39. The Morgan fingerprint density at radius 3 is 2.71 bits per heavy atom. The highest BCUT2D eigenvalue weighted by Gasteiger charge is 2.12. The maximum absolute atomic E-state index is 12.9. The molecule has 0 aliphatic heterocycles. The topological polar surface area (TPSA) is 43.1 Å². The smallest absolute Gasteiger partial charge is 0.231 e. The molecule has 0 heterocycles. The van der Waals surface area contributed by atoms with E-state index in [0.717, 1.165) is 0 Å². The Kier molecular flexibility index (Phi) is 3.89. The van der Waals surface area contributed by atoms with Gasteiger partial charge in [-0.2, -0.15) is 0 Å². The van der Waals surface area contributed by atoms with E-state index >= 15 is 0 Å². The van der Waals surface area contributed by atoms with Gasteiger partial charge in [0.25, 0.3) is 0 Å². The van der Waals surface area contributed by atoms with Crippen molar-refractivity contribution in [2.24, 2.45) is 5.73 Å². The lowest BCUT2D eigenvalue weighted by atomic mass is 10.1. The largest absolute Gasteiger partial charge is 0.369 e. The van der Waals surface area contributed by atoms with Crippen LogP contribution in [0, 0.1) is 5.82 Å². The van der Waals surface area contributed by atoms with E-state index in [1.807, 2.05) is 0 Å². The summed E-state index contributed by atoms with van der Waals surface area (Å²) >= 11 is 8.73. The van der Waals surface area contributed by atoms with Crippen LogP contribution in [0.25, 0.3) is 0 Å². The minimum atomic E-state index is -0.500. The summed E-state index contributed by atoms with van der Waals surface area (Å²) in [5, 5.41) is 0.309. The van der Waals surface area contributed by atoms with Gasteiger partial charge in [-0.1, -0.05) is 27.5 Å². The molecule has 1 aromatic carbocycles. The van der Waals surface area contributed by atoms with E-state index in [9.17, 15) is 9.18 Å². The first-order valence-electron chi connectivity index (χ1n) is 3.87. The average Bonchev–Trinajstić information content (AvgIpc) is 2.01. The molecule has 2 N–H and O–H groups in total. The average molecular weight is 281 g/mol. The maximum atomic E-state index is 12.9. The maximum Gasteiger partial charge on any atom is 0.231 e. The second kappa shape index (κ2) is 4.75. The van der Waals surface area contributed by atoms with Crippen molar-refractivity contribution in [1.29, 1.82) is 0 Å².